The number of hydrogen-bond acceptors (Lipinski definition) is 5. The third-order valence-corrected chi connectivity index (χ3v) is 2.66. The molecule has 0 unspecified atom stereocenters. The molecular weight excluding hydrogens is 218 g/mol. The summed E-state index contributed by atoms with van der Waals surface area (Å²) in [5, 5.41) is 0. The van der Waals surface area contributed by atoms with E-state index in [1.165, 1.54) is 0 Å². The minimum atomic E-state index is -0.210. The van der Waals surface area contributed by atoms with Crippen LogP contribution in [0.15, 0.2) is 18.3 Å². The lowest BCUT2D eigenvalue weighted by molar-refractivity contribution is -0.141. The first-order valence-electron chi connectivity index (χ1n) is 5.84. The fourth-order valence-electron chi connectivity index (χ4n) is 1.70. The highest BCUT2D eigenvalue weighted by Crippen LogP contribution is 2.30. The van der Waals surface area contributed by atoms with Crippen LogP contribution in [0, 0.1) is 0 Å². The first-order chi connectivity index (χ1) is 8.20. The smallest absolute Gasteiger partial charge is 0.325 e. The Kier molecular flexibility index (Phi) is 3.46. The lowest BCUT2D eigenvalue weighted by Gasteiger charge is -2.22. The van der Waals surface area contributed by atoms with Crippen LogP contribution in [0.1, 0.15) is 19.8 Å². The van der Waals surface area contributed by atoms with Gasteiger partial charge in [-0.3, -0.25) is 4.79 Å². The van der Waals surface area contributed by atoms with Gasteiger partial charge in [-0.25, -0.2) is 4.98 Å². The number of nitrogens with zero attached hydrogens (tertiary/aromatic N) is 2. The van der Waals surface area contributed by atoms with Crippen LogP contribution in [-0.4, -0.2) is 30.1 Å². The van der Waals surface area contributed by atoms with Crippen molar-refractivity contribution in [1.82, 2.24) is 4.98 Å². The van der Waals surface area contributed by atoms with Gasteiger partial charge in [-0.2, -0.15) is 0 Å². The van der Waals surface area contributed by atoms with Crippen LogP contribution >= 0.6 is 0 Å². The van der Waals surface area contributed by atoms with Gasteiger partial charge in [-0.1, -0.05) is 0 Å². The van der Waals surface area contributed by atoms with Gasteiger partial charge in [-0.15, -0.1) is 0 Å². The Bertz CT molecular complexity index is 387. The number of hydrogen-bond donors (Lipinski definition) is 1. The lowest BCUT2D eigenvalue weighted by Crippen LogP contribution is -2.33. The van der Waals surface area contributed by atoms with Crippen molar-refractivity contribution in [2.75, 3.05) is 23.8 Å². The van der Waals surface area contributed by atoms with Crippen LogP contribution in [0.2, 0.25) is 0 Å². The molecule has 0 atom stereocenters. The molecule has 1 aliphatic carbocycles. The van der Waals surface area contributed by atoms with E-state index in [2.05, 4.69) is 4.98 Å². The first kappa shape index (κ1) is 11.7. The van der Waals surface area contributed by atoms with E-state index in [1.807, 2.05) is 11.0 Å². The van der Waals surface area contributed by atoms with E-state index in [1.54, 1.807) is 19.2 Å². The summed E-state index contributed by atoms with van der Waals surface area (Å²) in [6, 6.07) is 4.05. The maximum Gasteiger partial charge on any atom is 0.325 e. The Balaban J connectivity index is 2.06. The molecule has 0 radical (unpaired) electrons. The SMILES string of the molecule is CCOC(=O)CN(c1ccc(N)cn1)C1CC1. The zero-order valence-corrected chi connectivity index (χ0v) is 9.93. The highest BCUT2D eigenvalue weighted by Gasteiger charge is 2.31. The molecule has 17 heavy (non-hydrogen) atoms. The number of carbonyl (C=O) groups is 1. The van der Waals surface area contributed by atoms with E-state index in [0.29, 0.717) is 18.3 Å². The third kappa shape index (κ3) is 3.09. The van der Waals surface area contributed by atoms with Crippen molar-refractivity contribution in [3.63, 3.8) is 0 Å². The number of pyridine rings is 1. The molecule has 5 nitrogen and oxygen atoms in total. The van der Waals surface area contributed by atoms with Gasteiger partial charge >= 0.3 is 5.97 Å². The van der Waals surface area contributed by atoms with Gasteiger partial charge < -0.3 is 15.4 Å². The van der Waals surface area contributed by atoms with Crippen LogP contribution in [0.4, 0.5) is 11.5 Å². The molecule has 92 valence electrons. The number of aromatic nitrogens is 1. The molecule has 1 heterocycles. The summed E-state index contributed by atoms with van der Waals surface area (Å²) in [7, 11) is 0. The number of ether oxygens (including phenoxy) is 1. The molecule has 0 aliphatic heterocycles. The van der Waals surface area contributed by atoms with E-state index < -0.39 is 0 Å². The summed E-state index contributed by atoms with van der Waals surface area (Å²) in [6.07, 6.45) is 3.81. The highest BCUT2D eigenvalue weighted by molar-refractivity contribution is 5.75. The Morgan fingerprint density at radius 3 is 2.88 bits per heavy atom. The van der Waals surface area contributed by atoms with Crippen molar-refractivity contribution in [1.29, 1.82) is 0 Å². The van der Waals surface area contributed by atoms with Crippen molar-refractivity contribution >= 4 is 17.5 Å². The standard InChI is InChI=1S/C12H17N3O2/c1-2-17-12(16)8-15(10-4-5-10)11-6-3-9(13)7-14-11/h3,6-7,10H,2,4-5,8,13H2,1H3. The molecule has 0 bridgehead atoms. The van der Waals surface area contributed by atoms with Gasteiger partial charge in [0.05, 0.1) is 18.5 Å². The second-order valence-electron chi connectivity index (χ2n) is 4.11. The zero-order chi connectivity index (χ0) is 12.3. The zero-order valence-electron chi connectivity index (χ0n) is 9.93. The first-order valence-corrected chi connectivity index (χ1v) is 5.84. The highest BCUT2D eigenvalue weighted by atomic mass is 16.5. The normalized spacial score (nSPS) is 14.4. The molecule has 5 heteroatoms. The van der Waals surface area contributed by atoms with Gasteiger partial charge in [-0.05, 0) is 31.9 Å². The predicted octanol–water partition coefficient (Wildman–Crippen LogP) is 1.20. The second kappa shape index (κ2) is 5.03. The van der Waals surface area contributed by atoms with E-state index in [0.717, 1.165) is 18.7 Å². The monoisotopic (exact) mass is 235 g/mol. The third-order valence-electron chi connectivity index (χ3n) is 2.66. The van der Waals surface area contributed by atoms with Gasteiger partial charge in [0.15, 0.2) is 0 Å². The number of esters is 1. The number of anilines is 2. The van der Waals surface area contributed by atoms with Crippen molar-refractivity contribution in [3.05, 3.63) is 18.3 Å². The van der Waals surface area contributed by atoms with Crippen molar-refractivity contribution in [3.8, 4) is 0 Å². The van der Waals surface area contributed by atoms with Gasteiger partial charge in [0, 0.05) is 6.04 Å². The number of rotatable bonds is 5. The van der Waals surface area contributed by atoms with Gasteiger partial charge in [0.25, 0.3) is 0 Å². The number of nitrogens with two attached hydrogens (primary N) is 1. The van der Waals surface area contributed by atoms with Crippen LogP contribution < -0.4 is 10.6 Å². The van der Waals surface area contributed by atoms with Gasteiger partial charge in [0.1, 0.15) is 12.4 Å². The Morgan fingerprint density at radius 1 is 1.59 bits per heavy atom. The average molecular weight is 235 g/mol. The molecule has 2 N–H and O–H groups in total. The molecule has 0 amide bonds. The summed E-state index contributed by atoms with van der Waals surface area (Å²) < 4.78 is 4.96. The topological polar surface area (TPSA) is 68.5 Å². The largest absolute Gasteiger partial charge is 0.465 e. The fraction of sp³-hybridized carbons (Fsp3) is 0.500. The maximum absolute atomic E-state index is 11.5. The summed E-state index contributed by atoms with van der Waals surface area (Å²) in [4.78, 5) is 17.7. The average Bonchev–Trinajstić information content (AvgIpc) is 3.12. The molecule has 0 saturated heterocycles. The Hall–Kier alpha value is -1.78. The molecule has 1 fully saturated rings. The molecule has 1 saturated carbocycles. The van der Waals surface area contributed by atoms with Crippen LogP contribution in [0.3, 0.4) is 0 Å². The molecular formula is C12H17N3O2. The molecule has 1 aromatic heterocycles. The predicted molar refractivity (Wildman–Crippen MR) is 65.7 cm³/mol. The number of nitrogen functional groups attached to an aromatic ring is 1. The lowest BCUT2D eigenvalue weighted by atomic mass is 10.3. The molecule has 1 aliphatic rings. The van der Waals surface area contributed by atoms with Crippen molar-refractivity contribution in [2.45, 2.75) is 25.8 Å². The van der Waals surface area contributed by atoms with Crippen LogP contribution in [0.25, 0.3) is 0 Å². The summed E-state index contributed by atoms with van der Waals surface area (Å²) in [5.41, 5.74) is 6.22. The number of carbonyl (C=O) groups excluding carboxylic acids is 1. The minimum Gasteiger partial charge on any atom is -0.465 e. The summed E-state index contributed by atoms with van der Waals surface area (Å²) >= 11 is 0. The summed E-state index contributed by atoms with van der Waals surface area (Å²) in [5.74, 6) is 0.577. The van der Waals surface area contributed by atoms with E-state index in [4.69, 9.17) is 10.5 Å². The second-order valence-corrected chi connectivity index (χ2v) is 4.11. The van der Waals surface area contributed by atoms with Crippen LogP contribution in [0.5, 0.6) is 0 Å². The minimum absolute atomic E-state index is 0.210. The van der Waals surface area contributed by atoms with Crippen LogP contribution in [-0.2, 0) is 9.53 Å². The van der Waals surface area contributed by atoms with Crippen molar-refractivity contribution < 1.29 is 9.53 Å². The Morgan fingerprint density at radius 2 is 2.35 bits per heavy atom. The Labute approximate surface area is 101 Å². The van der Waals surface area contributed by atoms with E-state index in [-0.39, 0.29) is 12.5 Å². The van der Waals surface area contributed by atoms with Crippen molar-refractivity contribution in [2.24, 2.45) is 0 Å². The molecule has 1 aromatic rings. The molecule has 2 rings (SSSR count). The molecule has 0 aromatic carbocycles. The van der Waals surface area contributed by atoms with Gasteiger partial charge in [0.2, 0.25) is 0 Å². The summed E-state index contributed by atoms with van der Waals surface area (Å²) in [6.45, 7) is 2.47. The van der Waals surface area contributed by atoms with E-state index >= 15 is 0 Å². The van der Waals surface area contributed by atoms with E-state index in [9.17, 15) is 4.79 Å². The quantitative estimate of drug-likeness (QED) is 0.776. The maximum atomic E-state index is 11.5. The fourth-order valence-corrected chi connectivity index (χ4v) is 1.70. The molecule has 0 spiro atoms.